The monoisotopic (exact) mass is 358 g/mol. The predicted molar refractivity (Wildman–Crippen MR) is 84.1 cm³/mol. The average Bonchev–Trinajstić information content (AvgIpc) is 1.59. The van der Waals surface area contributed by atoms with Gasteiger partial charge in [0.25, 0.3) is 0 Å². The van der Waals surface area contributed by atoms with E-state index in [-0.39, 0.29) is 0 Å². The van der Waals surface area contributed by atoms with Crippen LogP contribution in [0.2, 0.25) is 0 Å². The van der Waals surface area contributed by atoms with Crippen LogP contribution in [0.1, 0.15) is 0 Å². The van der Waals surface area contributed by atoms with Crippen LogP contribution in [-0.2, 0) is 22.1 Å². The van der Waals surface area contributed by atoms with Gasteiger partial charge in [-0.2, -0.15) is 0 Å². The van der Waals surface area contributed by atoms with Crippen molar-refractivity contribution in [1.29, 1.82) is 0 Å². The molecule has 0 fully saturated rings. The van der Waals surface area contributed by atoms with E-state index in [2.05, 4.69) is 4.31 Å². The van der Waals surface area contributed by atoms with Crippen molar-refractivity contribution in [2.45, 2.75) is 0 Å². The van der Waals surface area contributed by atoms with Crippen molar-refractivity contribution >= 4 is 29.3 Å². The molecular weight excluding hydrogens is 332 g/mol. The van der Waals surface area contributed by atoms with Crippen molar-refractivity contribution in [3.8, 4) is 0 Å². The van der Waals surface area contributed by atoms with Crippen LogP contribution in [0.25, 0.3) is 0 Å². The number of hydrogen-bond acceptors (Lipinski definition) is 5. The molecule has 7 nitrogen and oxygen atoms in total. The van der Waals surface area contributed by atoms with Gasteiger partial charge in [0.15, 0.2) is 0 Å². The normalized spacial score (nSPS) is 21.8. The van der Waals surface area contributed by atoms with Crippen LogP contribution in [0.3, 0.4) is 0 Å². The molecule has 0 atom stereocenters. The van der Waals surface area contributed by atoms with Crippen LogP contribution >= 0.6 is 29.3 Å². The Kier molecular flexibility index (Phi) is 5.10. The SMILES string of the molecule is CP(C)(C)(C)OP(=O)(OP(=O)(O)O)OP(C)(C)(C)C. The fourth-order valence-electron chi connectivity index (χ4n) is 0.975. The van der Waals surface area contributed by atoms with Crippen LogP contribution in [0.4, 0.5) is 0 Å². The molecule has 0 bridgehead atoms. The molecule has 19 heavy (non-hydrogen) atoms. The van der Waals surface area contributed by atoms with E-state index in [9.17, 15) is 9.13 Å². The van der Waals surface area contributed by atoms with Crippen molar-refractivity contribution in [1.82, 2.24) is 0 Å². The molecule has 0 aliphatic heterocycles. The molecule has 11 heteroatoms. The number of rotatable bonds is 6. The maximum absolute atomic E-state index is 12.6. The summed E-state index contributed by atoms with van der Waals surface area (Å²) < 4.78 is 38.7. The first-order chi connectivity index (χ1) is 7.62. The van der Waals surface area contributed by atoms with Gasteiger partial charge in [0.05, 0.1) is 0 Å². The molecule has 0 rings (SSSR count). The molecule has 0 aromatic heterocycles. The van der Waals surface area contributed by atoms with Crippen LogP contribution in [0.15, 0.2) is 0 Å². The summed E-state index contributed by atoms with van der Waals surface area (Å²) in [6, 6.07) is 0. The quantitative estimate of drug-likeness (QED) is 0.703. The van der Waals surface area contributed by atoms with Gasteiger partial charge in [-0.1, -0.05) is 0 Å². The summed E-state index contributed by atoms with van der Waals surface area (Å²) in [6.07, 6.45) is 0. The Hall–Kier alpha value is 1.12. The van der Waals surface area contributed by atoms with E-state index in [1.165, 1.54) is 0 Å². The summed E-state index contributed by atoms with van der Waals surface area (Å²) in [5.41, 5.74) is 0. The summed E-state index contributed by atoms with van der Waals surface area (Å²) in [6.45, 7) is 8.20. The van der Waals surface area contributed by atoms with Crippen molar-refractivity contribution in [3.63, 3.8) is 0 Å². The van der Waals surface area contributed by atoms with E-state index in [1.807, 2.05) is 0 Å². The van der Waals surface area contributed by atoms with Crippen LogP contribution in [-0.4, -0.2) is 63.1 Å². The zero-order chi connectivity index (χ0) is 16.0. The summed E-state index contributed by atoms with van der Waals surface area (Å²) in [5.74, 6) is 0. The first kappa shape index (κ1) is 20.1. The molecule has 0 aliphatic carbocycles. The minimum absolute atomic E-state index is 1.73. The maximum atomic E-state index is 12.6. The fourth-order valence-corrected chi connectivity index (χ4v) is 9.58. The Labute approximate surface area is 115 Å². The molecule has 120 valence electrons. The molecule has 0 aromatic carbocycles. The summed E-state index contributed by atoms with van der Waals surface area (Å²) in [7, 11) is -9.35. The summed E-state index contributed by atoms with van der Waals surface area (Å²) in [5, 5.41) is 0. The first-order valence-electron chi connectivity index (χ1n) is 5.44. The molecule has 0 saturated heterocycles. The number of hydrogen-bond donors (Lipinski definition) is 2. The van der Waals surface area contributed by atoms with Crippen LogP contribution < -0.4 is 0 Å². The molecular formula is C8H26O7P4. The fraction of sp³-hybridized carbons (Fsp3) is 1.00. The average molecular weight is 358 g/mol. The van der Waals surface area contributed by atoms with Gasteiger partial charge in [0.2, 0.25) is 0 Å². The molecule has 0 radical (unpaired) electrons. The van der Waals surface area contributed by atoms with Gasteiger partial charge in [0.1, 0.15) is 0 Å². The zero-order valence-corrected chi connectivity index (χ0v) is 16.3. The number of phosphoric acid groups is 2. The third-order valence-electron chi connectivity index (χ3n) is 1.06. The van der Waals surface area contributed by atoms with E-state index in [0.29, 0.717) is 0 Å². The van der Waals surface area contributed by atoms with E-state index in [0.717, 1.165) is 0 Å². The van der Waals surface area contributed by atoms with Gasteiger partial charge in [-0.15, -0.1) is 0 Å². The molecule has 0 aliphatic rings. The van der Waals surface area contributed by atoms with Gasteiger partial charge in [-0.3, -0.25) is 0 Å². The summed E-state index contributed by atoms with van der Waals surface area (Å²) >= 11 is 0. The van der Waals surface area contributed by atoms with E-state index >= 15 is 0 Å². The third kappa shape index (κ3) is 12.6. The van der Waals surface area contributed by atoms with Crippen molar-refractivity contribution in [2.75, 3.05) is 53.3 Å². The first-order valence-corrected chi connectivity index (χ1v) is 16.3. The van der Waals surface area contributed by atoms with Gasteiger partial charge < -0.3 is 0 Å². The van der Waals surface area contributed by atoms with Crippen molar-refractivity contribution in [2.24, 2.45) is 0 Å². The standard InChI is InChI=1S/C8H26O7P4/c1-18(2,3,4)14-17(12,13-16(9,10)11)15-19(5,6,7)8/h1-8H3,(H2,9,10,11). The van der Waals surface area contributed by atoms with Gasteiger partial charge >= 0.3 is 114 Å². The Bertz CT molecular complexity index is 403. The predicted octanol–water partition coefficient (Wildman–Crippen LogP) is 3.21. The second kappa shape index (κ2) is 4.81. The van der Waals surface area contributed by atoms with E-state index in [1.54, 1.807) is 53.3 Å². The van der Waals surface area contributed by atoms with Gasteiger partial charge in [-0.05, 0) is 0 Å². The second-order valence-corrected chi connectivity index (χ2v) is 25.5. The van der Waals surface area contributed by atoms with Crippen LogP contribution in [0, 0.1) is 0 Å². The van der Waals surface area contributed by atoms with E-state index in [4.69, 9.17) is 18.4 Å². The molecule has 0 saturated carbocycles. The Morgan fingerprint density at radius 3 is 1.16 bits per heavy atom. The van der Waals surface area contributed by atoms with Crippen LogP contribution in [0.5, 0.6) is 0 Å². The second-order valence-electron chi connectivity index (χ2n) is 8.01. The Morgan fingerprint density at radius 1 is 0.737 bits per heavy atom. The van der Waals surface area contributed by atoms with Crippen molar-refractivity contribution in [3.05, 3.63) is 0 Å². The molecule has 0 unspecified atom stereocenters. The van der Waals surface area contributed by atoms with E-state index < -0.39 is 29.3 Å². The van der Waals surface area contributed by atoms with Gasteiger partial charge in [0, 0.05) is 0 Å². The topological polar surface area (TPSA) is 102 Å². The molecule has 0 amide bonds. The Balaban J connectivity index is 5.54. The molecule has 0 aromatic rings. The molecule has 2 N–H and O–H groups in total. The third-order valence-corrected chi connectivity index (χ3v) is 9.54. The molecule has 0 spiro atoms. The minimum atomic E-state index is -4.99. The van der Waals surface area contributed by atoms with Gasteiger partial charge in [-0.25, -0.2) is 0 Å². The Morgan fingerprint density at radius 2 is 1.00 bits per heavy atom. The zero-order valence-electron chi connectivity index (χ0n) is 12.7. The summed E-state index contributed by atoms with van der Waals surface area (Å²) in [4.78, 5) is 17.8. The van der Waals surface area contributed by atoms with Crippen molar-refractivity contribution < 1.29 is 31.8 Å². The molecule has 0 heterocycles.